The molecule has 5 heteroatoms. The van der Waals surface area contributed by atoms with Gasteiger partial charge in [0.2, 0.25) is 0 Å². The van der Waals surface area contributed by atoms with E-state index < -0.39 is 13.0 Å². The Bertz CT molecular complexity index is 359. The van der Waals surface area contributed by atoms with Gasteiger partial charge in [-0.2, -0.15) is 5.26 Å². The lowest BCUT2D eigenvalue weighted by Gasteiger charge is -2.23. The number of hydrogen-bond acceptors (Lipinski definition) is 3. The van der Waals surface area contributed by atoms with Gasteiger partial charge in [-0.25, -0.2) is 8.78 Å². The minimum atomic E-state index is -2.46. The van der Waals surface area contributed by atoms with Crippen LogP contribution in [0.1, 0.15) is 5.56 Å². The van der Waals surface area contributed by atoms with Gasteiger partial charge in [0.05, 0.1) is 24.8 Å². The molecule has 0 atom stereocenters. The van der Waals surface area contributed by atoms with E-state index in [1.807, 2.05) is 6.07 Å². The van der Waals surface area contributed by atoms with Crippen LogP contribution in [0.15, 0.2) is 24.3 Å². The van der Waals surface area contributed by atoms with Crippen LogP contribution >= 0.6 is 0 Å². The van der Waals surface area contributed by atoms with Crippen LogP contribution in [0, 0.1) is 11.3 Å². The molecule has 0 aliphatic heterocycles. The highest BCUT2D eigenvalue weighted by atomic mass is 19.3. The van der Waals surface area contributed by atoms with E-state index in [1.165, 1.54) is 4.90 Å². The number of aliphatic hydroxyl groups excluding tert-OH is 1. The number of benzene rings is 1. The van der Waals surface area contributed by atoms with Crippen molar-refractivity contribution >= 4 is 5.69 Å². The first-order valence-corrected chi connectivity index (χ1v) is 4.81. The summed E-state index contributed by atoms with van der Waals surface area (Å²) in [6.45, 7) is -0.463. The highest BCUT2D eigenvalue weighted by Gasteiger charge is 2.12. The van der Waals surface area contributed by atoms with Crippen molar-refractivity contribution in [1.29, 1.82) is 5.26 Å². The summed E-state index contributed by atoms with van der Waals surface area (Å²) in [5, 5.41) is 17.4. The van der Waals surface area contributed by atoms with Gasteiger partial charge < -0.3 is 10.0 Å². The van der Waals surface area contributed by atoms with E-state index in [1.54, 1.807) is 24.3 Å². The molecular formula is C11H12F2N2O. The van der Waals surface area contributed by atoms with Gasteiger partial charge in [-0.15, -0.1) is 0 Å². The van der Waals surface area contributed by atoms with E-state index in [0.717, 1.165) is 0 Å². The topological polar surface area (TPSA) is 47.3 Å². The molecule has 0 aliphatic carbocycles. The largest absolute Gasteiger partial charge is 0.395 e. The first-order chi connectivity index (χ1) is 7.67. The Morgan fingerprint density at radius 2 is 1.94 bits per heavy atom. The Kier molecular flexibility index (Phi) is 4.67. The minimum absolute atomic E-state index is 0.149. The Hall–Kier alpha value is -1.67. The summed E-state index contributed by atoms with van der Waals surface area (Å²) in [5.41, 5.74) is 1.05. The molecule has 0 saturated carbocycles. The molecule has 1 aromatic carbocycles. The van der Waals surface area contributed by atoms with Crippen molar-refractivity contribution in [3.05, 3.63) is 29.8 Å². The minimum Gasteiger partial charge on any atom is -0.395 e. The van der Waals surface area contributed by atoms with E-state index in [2.05, 4.69) is 0 Å². The van der Waals surface area contributed by atoms with Crippen molar-refractivity contribution in [2.75, 3.05) is 24.6 Å². The second-order valence-corrected chi connectivity index (χ2v) is 3.22. The van der Waals surface area contributed by atoms with Crippen LogP contribution in [0.5, 0.6) is 0 Å². The van der Waals surface area contributed by atoms with Crippen molar-refractivity contribution < 1.29 is 13.9 Å². The zero-order chi connectivity index (χ0) is 12.0. The summed E-state index contributed by atoms with van der Waals surface area (Å²) in [6, 6.07) is 8.26. The lowest BCUT2D eigenvalue weighted by atomic mass is 10.2. The average molecular weight is 226 g/mol. The molecule has 3 nitrogen and oxygen atoms in total. The zero-order valence-corrected chi connectivity index (χ0v) is 8.61. The van der Waals surface area contributed by atoms with Gasteiger partial charge in [0.25, 0.3) is 6.43 Å². The van der Waals surface area contributed by atoms with Gasteiger partial charge in [-0.05, 0) is 24.3 Å². The fourth-order valence-electron chi connectivity index (χ4n) is 1.36. The maximum atomic E-state index is 12.3. The van der Waals surface area contributed by atoms with Gasteiger partial charge in [0, 0.05) is 12.2 Å². The van der Waals surface area contributed by atoms with Gasteiger partial charge in [-0.1, -0.05) is 0 Å². The molecule has 1 rings (SSSR count). The van der Waals surface area contributed by atoms with Crippen molar-refractivity contribution in [3.63, 3.8) is 0 Å². The fraction of sp³-hybridized carbons (Fsp3) is 0.364. The number of nitriles is 1. The molecule has 0 spiro atoms. The standard InChI is InChI=1S/C11H12F2N2O/c12-11(13)8-15(5-6-16)10-3-1-9(7-14)2-4-10/h1-4,11,16H,5-6,8H2. The number of rotatable bonds is 5. The molecule has 0 amide bonds. The maximum absolute atomic E-state index is 12.3. The lowest BCUT2D eigenvalue weighted by Crippen LogP contribution is -2.31. The predicted molar refractivity (Wildman–Crippen MR) is 56.5 cm³/mol. The summed E-state index contributed by atoms with van der Waals surface area (Å²) < 4.78 is 24.5. The van der Waals surface area contributed by atoms with Crippen LogP contribution in [-0.2, 0) is 0 Å². The van der Waals surface area contributed by atoms with E-state index in [9.17, 15) is 8.78 Å². The molecule has 0 saturated heterocycles. The van der Waals surface area contributed by atoms with Crippen molar-refractivity contribution in [2.24, 2.45) is 0 Å². The van der Waals surface area contributed by atoms with E-state index >= 15 is 0 Å². The average Bonchev–Trinajstić information content (AvgIpc) is 2.28. The lowest BCUT2D eigenvalue weighted by molar-refractivity contribution is 0.153. The first kappa shape index (κ1) is 12.4. The molecule has 16 heavy (non-hydrogen) atoms. The highest BCUT2D eigenvalue weighted by Crippen LogP contribution is 2.16. The van der Waals surface area contributed by atoms with Crippen LogP contribution in [0.4, 0.5) is 14.5 Å². The highest BCUT2D eigenvalue weighted by molar-refractivity contribution is 5.49. The Balaban J connectivity index is 2.80. The normalized spacial score (nSPS) is 10.2. The van der Waals surface area contributed by atoms with E-state index in [-0.39, 0.29) is 13.2 Å². The van der Waals surface area contributed by atoms with Gasteiger partial charge in [0.1, 0.15) is 0 Å². The van der Waals surface area contributed by atoms with Gasteiger partial charge in [-0.3, -0.25) is 0 Å². The number of hydrogen-bond donors (Lipinski definition) is 1. The Labute approximate surface area is 92.5 Å². The smallest absolute Gasteiger partial charge is 0.255 e. The summed E-state index contributed by atoms with van der Waals surface area (Å²) in [4.78, 5) is 1.38. The predicted octanol–water partition coefficient (Wildman–Crippen LogP) is 1.62. The van der Waals surface area contributed by atoms with Crippen LogP contribution in [-0.4, -0.2) is 31.2 Å². The van der Waals surface area contributed by atoms with Crippen molar-refractivity contribution in [1.82, 2.24) is 0 Å². The van der Waals surface area contributed by atoms with E-state index in [4.69, 9.17) is 10.4 Å². The second-order valence-electron chi connectivity index (χ2n) is 3.22. The van der Waals surface area contributed by atoms with Crippen LogP contribution < -0.4 is 4.90 Å². The summed E-state index contributed by atoms with van der Waals surface area (Å²) in [5.74, 6) is 0. The Morgan fingerprint density at radius 1 is 1.31 bits per heavy atom. The second kappa shape index (κ2) is 6.03. The molecule has 0 radical (unpaired) electrons. The number of alkyl halides is 2. The SMILES string of the molecule is N#Cc1ccc(N(CCO)CC(F)F)cc1. The number of halogens is 2. The fourth-order valence-corrected chi connectivity index (χ4v) is 1.36. The number of nitrogens with zero attached hydrogens (tertiary/aromatic N) is 2. The molecule has 0 bridgehead atoms. The molecule has 0 unspecified atom stereocenters. The van der Waals surface area contributed by atoms with Crippen LogP contribution in [0.2, 0.25) is 0 Å². The zero-order valence-electron chi connectivity index (χ0n) is 8.61. The van der Waals surface area contributed by atoms with Gasteiger partial charge >= 0.3 is 0 Å². The van der Waals surface area contributed by atoms with Crippen molar-refractivity contribution in [3.8, 4) is 6.07 Å². The summed E-state index contributed by atoms with van der Waals surface area (Å²) >= 11 is 0. The molecule has 0 aromatic heterocycles. The molecule has 1 N–H and O–H groups in total. The third-order valence-electron chi connectivity index (χ3n) is 2.09. The summed E-state index contributed by atoms with van der Waals surface area (Å²) in [6.07, 6.45) is -2.46. The van der Waals surface area contributed by atoms with Crippen molar-refractivity contribution in [2.45, 2.75) is 6.43 Å². The molecule has 0 heterocycles. The first-order valence-electron chi connectivity index (χ1n) is 4.81. The van der Waals surface area contributed by atoms with Crippen LogP contribution in [0.3, 0.4) is 0 Å². The number of aliphatic hydroxyl groups is 1. The molecule has 1 aromatic rings. The molecule has 0 fully saturated rings. The van der Waals surface area contributed by atoms with Gasteiger partial charge in [0.15, 0.2) is 0 Å². The quantitative estimate of drug-likeness (QED) is 0.829. The molecule has 86 valence electrons. The third kappa shape index (κ3) is 3.48. The molecule has 0 aliphatic rings. The van der Waals surface area contributed by atoms with E-state index in [0.29, 0.717) is 11.3 Å². The van der Waals surface area contributed by atoms with Crippen LogP contribution in [0.25, 0.3) is 0 Å². The monoisotopic (exact) mass is 226 g/mol. The number of anilines is 1. The third-order valence-corrected chi connectivity index (χ3v) is 2.09. The molecular weight excluding hydrogens is 214 g/mol. The Morgan fingerprint density at radius 3 is 2.38 bits per heavy atom. The summed E-state index contributed by atoms with van der Waals surface area (Å²) in [7, 11) is 0. The maximum Gasteiger partial charge on any atom is 0.255 e.